The van der Waals surface area contributed by atoms with Crippen LogP contribution in [0.1, 0.15) is 26.0 Å². The Kier molecular flexibility index (Phi) is 6.07. The Morgan fingerprint density at radius 1 is 1.20 bits per heavy atom. The molecule has 1 aliphatic heterocycles. The minimum absolute atomic E-state index is 0.735. The maximum absolute atomic E-state index is 6.21. The highest BCUT2D eigenvalue weighted by Gasteiger charge is 2.18. The third-order valence-electron chi connectivity index (χ3n) is 3.68. The molecule has 0 saturated carbocycles. The number of aromatic nitrogens is 1. The molecule has 20 heavy (non-hydrogen) atoms. The lowest BCUT2D eigenvalue weighted by Crippen LogP contribution is -2.46. The molecule has 1 aliphatic rings. The predicted octanol–water partition coefficient (Wildman–Crippen LogP) is 2.38. The second-order valence-electron chi connectivity index (χ2n) is 5.21. The molecular formula is C15H25ClN4. The van der Waals surface area contributed by atoms with Gasteiger partial charge in [-0.25, -0.2) is 4.98 Å². The Labute approximate surface area is 127 Å². The number of nitrogens with one attached hydrogen (secondary N) is 1. The number of nitrogens with zero attached hydrogens (tertiary/aromatic N) is 3. The highest BCUT2D eigenvalue weighted by atomic mass is 35.5. The average molecular weight is 297 g/mol. The molecule has 0 atom stereocenters. The fourth-order valence-corrected chi connectivity index (χ4v) is 2.71. The third kappa shape index (κ3) is 4.08. The Morgan fingerprint density at radius 3 is 2.60 bits per heavy atom. The van der Waals surface area contributed by atoms with Crippen LogP contribution >= 0.6 is 11.6 Å². The van der Waals surface area contributed by atoms with E-state index in [4.69, 9.17) is 16.6 Å². The van der Waals surface area contributed by atoms with Crippen molar-refractivity contribution >= 4 is 17.4 Å². The summed E-state index contributed by atoms with van der Waals surface area (Å²) in [4.78, 5) is 9.60. The molecular weight excluding hydrogens is 272 g/mol. The average Bonchev–Trinajstić information content (AvgIpc) is 2.48. The van der Waals surface area contributed by atoms with Crippen molar-refractivity contribution < 1.29 is 0 Å². The molecule has 0 bridgehead atoms. The monoisotopic (exact) mass is 296 g/mol. The molecule has 112 valence electrons. The summed E-state index contributed by atoms with van der Waals surface area (Å²) >= 11 is 6.21. The van der Waals surface area contributed by atoms with E-state index in [-0.39, 0.29) is 0 Å². The second kappa shape index (κ2) is 7.81. The Bertz CT molecular complexity index is 416. The summed E-state index contributed by atoms with van der Waals surface area (Å²) in [6, 6.07) is 4.00. The first-order chi connectivity index (χ1) is 9.74. The lowest BCUT2D eigenvalue weighted by atomic mass is 10.2. The molecule has 2 rings (SSSR count). The van der Waals surface area contributed by atoms with Crippen LogP contribution in [-0.2, 0) is 6.54 Å². The summed E-state index contributed by atoms with van der Waals surface area (Å²) in [5.74, 6) is 1.05. The number of rotatable bonds is 6. The standard InChI is InChI=1S/C15H25ClN4/c1-3-7-19-8-10-20(11-9-19)15-6-5-13(16)14(18-15)12-17-4-2/h5-6,17H,3-4,7-12H2,1-2H3. The molecule has 1 saturated heterocycles. The van der Waals surface area contributed by atoms with Gasteiger partial charge in [0.25, 0.3) is 0 Å². The number of halogens is 1. The van der Waals surface area contributed by atoms with Gasteiger partial charge in [-0.1, -0.05) is 25.4 Å². The van der Waals surface area contributed by atoms with Crippen molar-refractivity contribution in [3.63, 3.8) is 0 Å². The SMILES string of the molecule is CCCN1CCN(c2ccc(Cl)c(CNCC)n2)CC1. The van der Waals surface area contributed by atoms with Gasteiger partial charge in [-0.15, -0.1) is 0 Å². The van der Waals surface area contributed by atoms with Gasteiger partial charge in [-0.05, 0) is 31.6 Å². The van der Waals surface area contributed by atoms with Crippen molar-refractivity contribution in [2.75, 3.05) is 44.2 Å². The lowest BCUT2D eigenvalue weighted by Gasteiger charge is -2.35. The summed E-state index contributed by atoms with van der Waals surface area (Å²) in [5.41, 5.74) is 0.946. The van der Waals surface area contributed by atoms with Crippen LogP contribution in [0.4, 0.5) is 5.82 Å². The summed E-state index contributed by atoms with van der Waals surface area (Å²) in [7, 11) is 0. The van der Waals surface area contributed by atoms with Crippen molar-refractivity contribution in [3.8, 4) is 0 Å². The maximum atomic E-state index is 6.21. The van der Waals surface area contributed by atoms with E-state index in [1.165, 1.54) is 13.0 Å². The largest absolute Gasteiger partial charge is 0.354 e. The summed E-state index contributed by atoms with van der Waals surface area (Å²) < 4.78 is 0. The van der Waals surface area contributed by atoms with Crippen molar-refractivity contribution in [1.82, 2.24) is 15.2 Å². The van der Waals surface area contributed by atoms with Crippen LogP contribution in [0.2, 0.25) is 5.02 Å². The minimum Gasteiger partial charge on any atom is -0.354 e. The number of pyridine rings is 1. The third-order valence-corrected chi connectivity index (χ3v) is 4.03. The molecule has 0 unspecified atom stereocenters. The number of anilines is 1. The zero-order valence-electron chi connectivity index (χ0n) is 12.5. The van der Waals surface area contributed by atoms with Crippen LogP contribution in [0.25, 0.3) is 0 Å². The fraction of sp³-hybridized carbons (Fsp3) is 0.667. The van der Waals surface area contributed by atoms with Crippen LogP contribution < -0.4 is 10.2 Å². The van der Waals surface area contributed by atoms with Crippen molar-refractivity contribution in [1.29, 1.82) is 0 Å². The topological polar surface area (TPSA) is 31.4 Å². The van der Waals surface area contributed by atoms with Crippen molar-refractivity contribution in [2.24, 2.45) is 0 Å². The lowest BCUT2D eigenvalue weighted by molar-refractivity contribution is 0.258. The van der Waals surface area contributed by atoms with E-state index >= 15 is 0 Å². The van der Waals surface area contributed by atoms with Gasteiger partial charge in [-0.3, -0.25) is 4.90 Å². The van der Waals surface area contributed by atoms with Gasteiger partial charge in [0.1, 0.15) is 5.82 Å². The molecule has 0 amide bonds. The summed E-state index contributed by atoms with van der Waals surface area (Å²) in [6.07, 6.45) is 1.23. The Balaban J connectivity index is 1.99. The van der Waals surface area contributed by atoms with Gasteiger partial charge < -0.3 is 10.2 Å². The van der Waals surface area contributed by atoms with Crippen LogP contribution in [0.3, 0.4) is 0 Å². The Morgan fingerprint density at radius 2 is 1.95 bits per heavy atom. The highest BCUT2D eigenvalue weighted by Crippen LogP contribution is 2.20. The van der Waals surface area contributed by atoms with Gasteiger partial charge in [0.15, 0.2) is 0 Å². The molecule has 2 heterocycles. The van der Waals surface area contributed by atoms with E-state index in [1.807, 2.05) is 12.1 Å². The zero-order chi connectivity index (χ0) is 14.4. The second-order valence-corrected chi connectivity index (χ2v) is 5.61. The normalized spacial score (nSPS) is 16.6. The Hall–Kier alpha value is -0.840. The summed E-state index contributed by atoms with van der Waals surface area (Å²) in [5, 5.41) is 4.03. The predicted molar refractivity (Wildman–Crippen MR) is 85.6 cm³/mol. The van der Waals surface area contributed by atoms with Crippen LogP contribution in [-0.4, -0.2) is 49.2 Å². The van der Waals surface area contributed by atoms with E-state index in [9.17, 15) is 0 Å². The van der Waals surface area contributed by atoms with Gasteiger partial charge in [-0.2, -0.15) is 0 Å². The quantitative estimate of drug-likeness (QED) is 0.873. The number of hydrogen-bond acceptors (Lipinski definition) is 4. The van der Waals surface area contributed by atoms with E-state index < -0.39 is 0 Å². The molecule has 4 nitrogen and oxygen atoms in total. The zero-order valence-corrected chi connectivity index (χ0v) is 13.3. The van der Waals surface area contributed by atoms with Gasteiger partial charge >= 0.3 is 0 Å². The summed E-state index contributed by atoms with van der Waals surface area (Å²) in [6.45, 7) is 11.5. The molecule has 0 radical (unpaired) electrons. The van der Waals surface area contributed by atoms with Gasteiger partial charge in [0, 0.05) is 32.7 Å². The van der Waals surface area contributed by atoms with Crippen LogP contribution in [0.5, 0.6) is 0 Å². The van der Waals surface area contributed by atoms with Crippen molar-refractivity contribution in [2.45, 2.75) is 26.8 Å². The van der Waals surface area contributed by atoms with E-state index in [1.54, 1.807) is 0 Å². The van der Waals surface area contributed by atoms with E-state index in [0.29, 0.717) is 0 Å². The van der Waals surface area contributed by atoms with Gasteiger partial charge in [0.2, 0.25) is 0 Å². The first-order valence-electron chi connectivity index (χ1n) is 7.58. The van der Waals surface area contributed by atoms with Crippen molar-refractivity contribution in [3.05, 3.63) is 22.8 Å². The smallest absolute Gasteiger partial charge is 0.129 e. The van der Waals surface area contributed by atoms with E-state index in [0.717, 1.165) is 55.8 Å². The molecule has 1 N–H and O–H groups in total. The van der Waals surface area contributed by atoms with Crippen LogP contribution in [0.15, 0.2) is 12.1 Å². The highest BCUT2D eigenvalue weighted by molar-refractivity contribution is 6.31. The maximum Gasteiger partial charge on any atom is 0.129 e. The first kappa shape index (κ1) is 15.5. The number of piperazine rings is 1. The van der Waals surface area contributed by atoms with E-state index in [2.05, 4.69) is 29.0 Å². The molecule has 1 aromatic rings. The molecule has 0 spiro atoms. The fourth-order valence-electron chi connectivity index (χ4n) is 2.53. The first-order valence-corrected chi connectivity index (χ1v) is 7.95. The minimum atomic E-state index is 0.735. The number of hydrogen-bond donors (Lipinski definition) is 1. The molecule has 5 heteroatoms. The molecule has 0 aliphatic carbocycles. The molecule has 1 fully saturated rings. The van der Waals surface area contributed by atoms with Crippen LogP contribution in [0, 0.1) is 0 Å². The molecule has 0 aromatic carbocycles. The van der Waals surface area contributed by atoms with Gasteiger partial charge in [0.05, 0.1) is 10.7 Å². The molecule has 1 aromatic heterocycles.